The van der Waals surface area contributed by atoms with Gasteiger partial charge in [0.05, 0.1) is 6.54 Å². The summed E-state index contributed by atoms with van der Waals surface area (Å²) in [4.78, 5) is 27.0. The van der Waals surface area contributed by atoms with Crippen LogP contribution in [0.2, 0.25) is 0 Å². The number of aryl methyl sites for hydroxylation is 2. The molecule has 1 heterocycles. The fourth-order valence-electron chi connectivity index (χ4n) is 2.67. The third-order valence-electron chi connectivity index (χ3n) is 4.06. The van der Waals surface area contributed by atoms with Crippen molar-refractivity contribution in [1.82, 2.24) is 10.2 Å². The molecule has 140 valence electrons. The van der Waals surface area contributed by atoms with Crippen LogP contribution in [0, 0.1) is 13.8 Å². The molecule has 0 aliphatic rings. The number of furan rings is 1. The molecule has 0 saturated heterocycles. The summed E-state index contributed by atoms with van der Waals surface area (Å²) >= 11 is 1.65. The minimum Gasteiger partial charge on any atom is -0.464 e. The van der Waals surface area contributed by atoms with Crippen LogP contribution in [-0.2, 0) is 11.3 Å². The van der Waals surface area contributed by atoms with Crippen molar-refractivity contribution in [2.75, 3.05) is 19.1 Å². The van der Waals surface area contributed by atoms with E-state index in [9.17, 15) is 9.59 Å². The van der Waals surface area contributed by atoms with Crippen molar-refractivity contribution < 1.29 is 14.0 Å². The Hall–Kier alpha value is -2.21. The number of thioether (sulfide) groups is 1. The second-order valence-corrected chi connectivity index (χ2v) is 7.37. The first-order chi connectivity index (χ1) is 12.4. The van der Waals surface area contributed by atoms with Crippen molar-refractivity contribution in [2.45, 2.75) is 32.9 Å². The molecule has 26 heavy (non-hydrogen) atoms. The summed E-state index contributed by atoms with van der Waals surface area (Å²) in [6.45, 7) is 4.18. The number of hydrogen-bond acceptors (Lipinski definition) is 4. The molecule has 0 fully saturated rings. The standard InChI is InChI=1S/C20H26N2O3S/c1-14-6-5-7-16(12-14)19(23)21-18(10-11-26-4)20(24)22(3)13-17-9-8-15(2)25-17/h5-9,12,18H,10-11,13H2,1-4H3,(H,21,23)/t18-/m1/s1. The Bertz CT molecular complexity index is 757. The van der Waals surface area contributed by atoms with Gasteiger partial charge in [0.15, 0.2) is 0 Å². The maximum absolute atomic E-state index is 12.9. The van der Waals surface area contributed by atoms with Crippen LogP contribution in [0.4, 0.5) is 0 Å². The predicted octanol–water partition coefficient (Wildman–Crippen LogP) is 3.41. The minimum atomic E-state index is -0.559. The number of carbonyl (C=O) groups is 2. The number of amides is 2. The van der Waals surface area contributed by atoms with Crippen LogP contribution in [0.3, 0.4) is 0 Å². The predicted molar refractivity (Wildman–Crippen MR) is 105 cm³/mol. The summed E-state index contributed by atoms with van der Waals surface area (Å²) in [6.07, 6.45) is 2.57. The van der Waals surface area contributed by atoms with Gasteiger partial charge in [0.25, 0.3) is 5.91 Å². The van der Waals surface area contributed by atoms with Crippen molar-refractivity contribution in [2.24, 2.45) is 0 Å². The van der Waals surface area contributed by atoms with Gasteiger partial charge in [-0.05, 0) is 56.5 Å². The molecule has 2 rings (SSSR count). The van der Waals surface area contributed by atoms with E-state index in [0.717, 1.165) is 22.8 Å². The number of carbonyl (C=O) groups excluding carboxylic acids is 2. The highest BCUT2D eigenvalue weighted by molar-refractivity contribution is 7.98. The van der Waals surface area contributed by atoms with Crippen LogP contribution in [0.25, 0.3) is 0 Å². The Morgan fingerprint density at radius 2 is 2.00 bits per heavy atom. The summed E-state index contributed by atoms with van der Waals surface area (Å²) in [5.41, 5.74) is 1.58. The quantitative estimate of drug-likeness (QED) is 0.769. The molecule has 0 spiro atoms. The third kappa shape index (κ3) is 5.66. The summed E-state index contributed by atoms with van der Waals surface area (Å²) in [7, 11) is 1.73. The van der Waals surface area contributed by atoms with Crippen molar-refractivity contribution >= 4 is 23.6 Å². The molecule has 0 aliphatic carbocycles. The fraction of sp³-hybridized carbons (Fsp3) is 0.400. The molecule has 1 atom stereocenters. The molecule has 2 amide bonds. The van der Waals surface area contributed by atoms with Gasteiger partial charge in [-0.25, -0.2) is 0 Å². The second-order valence-electron chi connectivity index (χ2n) is 6.38. The molecule has 0 unspecified atom stereocenters. The molecular weight excluding hydrogens is 348 g/mol. The maximum atomic E-state index is 12.9. The molecule has 5 nitrogen and oxygen atoms in total. The zero-order valence-electron chi connectivity index (χ0n) is 15.7. The van der Waals surface area contributed by atoms with Crippen LogP contribution >= 0.6 is 11.8 Å². The van der Waals surface area contributed by atoms with E-state index >= 15 is 0 Å². The van der Waals surface area contributed by atoms with Crippen LogP contribution in [0.5, 0.6) is 0 Å². The number of nitrogens with zero attached hydrogens (tertiary/aromatic N) is 1. The SMILES string of the molecule is CSCC[C@@H](NC(=O)c1cccc(C)c1)C(=O)N(C)Cc1ccc(C)o1. The van der Waals surface area contributed by atoms with Gasteiger partial charge in [-0.3, -0.25) is 9.59 Å². The van der Waals surface area contributed by atoms with Gasteiger partial charge >= 0.3 is 0 Å². The smallest absolute Gasteiger partial charge is 0.251 e. The number of rotatable bonds is 8. The second kappa shape index (κ2) is 9.48. The van der Waals surface area contributed by atoms with E-state index in [-0.39, 0.29) is 11.8 Å². The molecule has 0 aliphatic heterocycles. The van der Waals surface area contributed by atoms with E-state index in [4.69, 9.17) is 4.42 Å². The molecule has 6 heteroatoms. The van der Waals surface area contributed by atoms with E-state index in [1.807, 2.05) is 50.4 Å². The van der Waals surface area contributed by atoms with Gasteiger partial charge < -0.3 is 14.6 Å². The van der Waals surface area contributed by atoms with Crippen molar-refractivity contribution in [3.05, 3.63) is 59.0 Å². The summed E-state index contributed by atoms with van der Waals surface area (Å²) in [5, 5.41) is 2.89. The highest BCUT2D eigenvalue weighted by atomic mass is 32.2. The first-order valence-electron chi connectivity index (χ1n) is 8.57. The monoisotopic (exact) mass is 374 g/mol. The summed E-state index contributed by atoms with van der Waals surface area (Å²) < 4.78 is 5.54. The van der Waals surface area contributed by atoms with Crippen LogP contribution in [0.1, 0.15) is 33.9 Å². The first kappa shape index (κ1) is 20.1. The largest absolute Gasteiger partial charge is 0.464 e. The minimum absolute atomic E-state index is 0.117. The lowest BCUT2D eigenvalue weighted by atomic mass is 10.1. The zero-order chi connectivity index (χ0) is 19.1. The van der Waals surface area contributed by atoms with E-state index in [1.165, 1.54) is 0 Å². The Kier molecular flexibility index (Phi) is 7.33. The molecule has 1 aromatic carbocycles. The highest BCUT2D eigenvalue weighted by Gasteiger charge is 2.24. The first-order valence-corrected chi connectivity index (χ1v) is 9.97. The molecule has 2 aromatic rings. The average Bonchev–Trinajstić information content (AvgIpc) is 3.02. The van der Waals surface area contributed by atoms with Gasteiger partial charge in [-0.15, -0.1) is 0 Å². The van der Waals surface area contributed by atoms with Gasteiger partial charge in [0.2, 0.25) is 5.91 Å². The lowest BCUT2D eigenvalue weighted by molar-refractivity contribution is -0.132. The van der Waals surface area contributed by atoms with Crippen LogP contribution < -0.4 is 5.32 Å². The Balaban J connectivity index is 2.06. The van der Waals surface area contributed by atoms with E-state index < -0.39 is 6.04 Å². The Morgan fingerprint density at radius 3 is 2.62 bits per heavy atom. The van der Waals surface area contributed by atoms with Gasteiger partial charge in [0, 0.05) is 12.6 Å². The van der Waals surface area contributed by atoms with Crippen LogP contribution in [-0.4, -0.2) is 41.8 Å². The van der Waals surface area contributed by atoms with Crippen LogP contribution in [0.15, 0.2) is 40.8 Å². The summed E-state index contributed by atoms with van der Waals surface area (Å²) in [6, 6.07) is 10.5. The van der Waals surface area contributed by atoms with Crippen molar-refractivity contribution in [1.29, 1.82) is 0 Å². The maximum Gasteiger partial charge on any atom is 0.251 e. The third-order valence-corrected chi connectivity index (χ3v) is 4.70. The summed E-state index contributed by atoms with van der Waals surface area (Å²) in [5.74, 6) is 1.99. The molecular formula is C20H26N2O3S. The van der Waals surface area contributed by atoms with Gasteiger partial charge in [0.1, 0.15) is 17.6 Å². The molecule has 1 aromatic heterocycles. The van der Waals surface area contributed by atoms with E-state index in [0.29, 0.717) is 18.5 Å². The number of benzene rings is 1. The van der Waals surface area contributed by atoms with Gasteiger partial charge in [-0.2, -0.15) is 11.8 Å². The lowest BCUT2D eigenvalue weighted by Crippen LogP contribution is -2.47. The molecule has 0 bridgehead atoms. The lowest BCUT2D eigenvalue weighted by Gasteiger charge is -2.24. The average molecular weight is 375 g/mol. The fourth-order valence-corrected chi connectivity index (χ4v) is 3.14. The zero-order valence-corrected chi connectivity index (χ0v) is 16.6. The molecule has 0 saturated carbocycles. The molecule has 0 radical (unpaired) electrons. The molecule has 1 N–H and O–H groups in total. The van der Waals surface area contributed by atoms with E-state index in [2.05, 4.69) is 5.32 Å². The number of likely N-dealkylation sites (N-methyl/N-ethyl adjacent to an activating group) is 1. The van der Waals surface area contributed by atoms with E-state index in [1.54, 1.807) is 29.8 Å². The Labute approximate surface area is 159 Å². The van der Waals surface area contributed by atoms with Gasteiger partial charge in [-0.1, -0.05) is 17.7 Å². The van der Waals surface area contributed by atoms with Crippen molar-refractivity contribution in [3.63, 3.8) is 0 Å². The Morgan fingerprint density at radius 1 is 1.23 bits per heavy atom. The topological polar surface area (TPSA) is 62.6 Å². The number of nitrogens with one attached hydrogen (secondary N) is 1. The normalized spacial score (nSPS) is 11.8. The van der Waals surface area contributed by atoms with Crippen molar-refractivity contribution in [3.8, 4) is 0 Å². The highest BCUT2D eigenvalue weighted by Crippen LogP contribution is 2.12. The number of hydrogen-bond donors (Lipinski definition) is 1.